The minimum absolute atomic E-state index is 0.100. The van der Waals surface area contributed by atoms with Crippen molar-refractivity contribution in [1.82, 2.24) is 15.2 Å². The number of aromatic nitrogens is 1. The van der Waals surface area contributed by atoms with Gasteiger partial charge in [-0.05, 0) is 48.9 Å². The molecule has 0 unspecified atom stereocenters. The first-order valence-corrected chi connectivity index (χ1v) is 10.9. The standard InChI is InChI=1S/C24H24ClF2N3O2/c1-16-4-6-18(29-22(16)21-3-2-12-32-21)14-28-15-24(27)8-10-30(11-9-24)23(31)17-5-7-20(26)19(25)13-17/h2-7,12-13,28H,8-11,14-15H2,1H3. The fourth-order valence-electron chi connectivity index (χ4n) is 3.84. The van der Waals surface area contributed by atoms with E-state index in [2.05, 4.69) is 10.3 Å². The third-order valence-corrected chi connectivity index (χ3v) is 6.06. The van der Waals surface area contributed by atoms with Crippen molar-refractivity contribution in [3.63, 3.8) is 0 Å². The van der Waals surface area contributed by atoms with Crippen LogP contribution >= 0.6 is 11.6 Å². The molecule has 4 rings (SSSR count). The summed E-state index contributed by atoms with van der Waals surface area (Å²) in [7, 11) is 0. The monoisotopic (exact) mass is 459 g/mol. The van der Waals surface area contributed by atoms with E-state index in [1.807, 2.05) is 31.2 Å². The van der Waals surface area contributed by atoms with Gasteiger partial charge in [-0.2, -0.15) is 0 Å². The number of aryl methyl sites for hydroxylation is 1. The quantitative estimate of drug-likeness (QED) is 0.552. The van der Waals surface area contributed by atoms with Crippen LogP contribution in [-0.4, -0.2) is 41.1 Å². The van der Waals surface area contributed by atoms with Crippen LogP contribution in [0, 0.1) is 12.7 Å². The molecule has 0 aliphatic carbocycles. The largest absolute Gasteiger partial charge is 0.463 e. The highest BCUT2D eigenvalue weighted by molar-refractivity contribution is 6.31. The minimum Gasteiger partial charge on any atom is -0.463 e. The van der Waals surface area contributed by atoms with Crippen LogP contribution in [0.25, 0.3) is 11.5 Å². The van der Waals surface area contributed by atoms with E-state index in [1.165, 1.54) is 18.2 Å². The van der Waals surface area contributed by atoms with Crippen molar-refractivity contribution in [1.29, 1.82) is 0 Å². The number of piperidine rings is 1. The van der Waals surface area contributed by atoms with Gasteiger partial charge in [0.2, 0.25) is 0 Å². The van der Waals surface area contributed by atoms with E-state index in [1.54, 1.807) is 11.2 Å². The molecule has 1 N–H and O–H groups in total. The van der Waals surface area contributed by atoms with Gasteiger partial charge in [-0.15, -0.1) is 0 Å². The summed E-state index contributed by atoms with van der Waals surface area (Å²) in [5, 5.41) is 3.06. The fourth-order valence-corrected chi connectivity index (χ4v) is 4.02. The number of rotatable bonds is 6. The number of nitrogens with zero attached hydrogens (tertiary/aromatic N) is 2. The number of nitrogens with one attached hydrogen (secondary N) is 1. The molecule has 1 amide bonds. The van der Waals surface area contributed by atoms with E-state index in [4.69, 9.17) is 16.0 Å². The number of likely N-dealkylation sites (tertiary alicyclic amines) is 1. The molecule has 8 heteroatoms. The maximum Gasteiger partial charge on any atom is 0.253 e. The molecular formula is C24H24ClF2N3O2. The highest BCUT2D eigenvalue weighted by Crippen LogP contribution is 2.28. The van der Waals surface area contributed by atoms with Crippen LogP contribution in [0.3, 0.4) is 0 Å². The smallest absolute Gasteiger partial charge is 0.253 e. The van der Waals surface area contributed by atoms with Gasteiger partial charge in [0, 0.05) is 44.6 Å². The zero-order valence-corrected chi connectivity index (χ0v) is 18.5. The third kappa shape index (κ3) is 5.00. The number of furan rings is 1. The SMILES string of the molecule is Cc1ccc(CNCC2(F)CCN(C(=O)c3ccc(F)c(Cl)c3)CC2)nc1-c1ccco1. The Labute approximate surface area is 190 Å². The highest BCUT2D eigenvalue weighted by Gasteiger charge is 2.36. The second-order valence-corrected chi connectivity index (χ2v) is 8.53. The van der Waals surface area contributed by atoms with Crippen LogP contribution in [0.5, 0.6) is 0 Å². The van der Waals surface area contributed by atoms with Gasteiger partial charge in [-0.1, -0.05) is 17.7 Å². The molecule has 2 aromatic heterocycles. The topological polar surface area (TPSA) is 58.4 Å². The average molecular weight is 460 g/mol. The number of hydrogen-bond acceptors (Lipinski definition) is 4. The number of benzene rings is 1. The van der Waals surface area contributed by atoms with Crippen molar-refractivity contribution in [3.8, 4) is 11.5 Å². The highest BCUT2D eigenvalue weighted by atomic mass is 35.5. The van der Waals surface area contributed by atoms with Crippen LogP contribution in [0.1, 0.15) is 34.5 Å². The lowest BCUT2D eigenvalue weighted by atomic mass is 9.92. The summed E-state index contributed by atoms with van der Waals surface area (Å²) in [5.41, 5.74) is 1.47. The molecule has 5 nitrogen and oxygen atoms in total. The molecule has 168 valence electrons. The predicted molar refractivity (Wildman–Crippen MR) is 119 cm³/mol. The summed E-state index contributed by atoms with van der Waals surface area (Å²) in [6.45, 7) is 3.14. The first-order chi connectivity index (χ1) is 15.3. The van der Waals surface area contributed by atoms with Gasteiger partial charge in [-0.25, -0.2) is 13.8 Å². The molecule has 1 saturated heterocycles. The van der Waals surface area contributed by atoms with Crippen LogP contribution in [0.15, 0.2) is 53.1 Å². The van der Waals surface area contributed by atoms with Gasteiger partial charge in [0.1, 0.15) is 17.2 Å². The Bertz CT molecular complexity index is 1100. The molecule has 1 aliphatic rings. The summed E-state index contributed by atoms with van der Waals surface area (Å²) in [6.07, 6.45) is 2.05. The number of halogens is 3. The second kappa shape index (κ2) is 9.38. The number of carbonyl (C=O) groups excluding carboxylic acids is 1. The predicted octanol–water partition coefficient (Wildman–Crippen LogP) is 5.18. The van der Waals surface area contributed by atoms with Crippen LogP contribution in [0.2, 0.25) is 5.02 Å². The van der Waals surface area contributed by atoms with Gasteiger partial charge in [0.25, 0.3) is 5.91 Å². The third-order valence-electron chi connectivity index (χ3n) is 5.77. The Balaban J connectivity index is 1.30. The summed E-state index contributed by atoms with van der Waals surface area (Å²) in [5.74, 6) is -0.142. The zero-order chi connectivity index (χ0) is 22.7. The van der Waals surface area contributed by atoms with Crippen LogP contribution in [0.4, 0.5) is 8.78 Å². The molecule has 0 spiro atoms. The minimum atomic E-state index is -1.41. The van der Waals surface area contributed by atoms with Crippen molar-refractivity contribution in [2.24, 2.45) is 0 Å². The molecular weight excluding hydrogens is 436 g/mol. The molecule has 32 heavy (non-hydrogen) atoms. The molecule has 0 bridgehead atoms. The Morgan fingerprint density at radius 2 is 2.03 bits per heavy atom. The number of hydrogen-bond donors (Lipinski definition) is 1. The van der Waals surface area contributed by atoms with Crippen molar-refractivity contribution in [2.45, 2.75) is 32.0 Å². The lowest BCUT2D eigenvalue weighted by molar-refractivity contribution is 0.0434. The van der Waals surface area contributed by atoms with E-state index in [0.29, 0.717) is 17.9 Å². The van der Waals surface area contributed by atoms with Crippen molar-refractivity contribution < 1.29 is 18.0 Å². The van der Waals surface area contributed by atoms with Gasteiger partial charge < -0.3 is 14.6 Å². The van der Waals surface area contributed by atoms with Gasteiger partial charge >= 0.3 is 0 Å². The number of carbonyl (C=O) groups is 1. The fraction of sp³-hybridized carbons (Fsp3) is 0.333. The first kappa shape index (κ1) is 22.4. The summed E-state index contributed by atoms with van der Waals surface area (Å²) >= 11 is 5.77. The lowest BCUT2D eigenvalue weighted by Gasteiger charge is -2.36. The molecule has 3 aromatic rings. The van der Waals surface area contributed by atoms with Gasteiger partial charge in [-0.3, -0.25) is 4.79 Å². The molecule has 0 saturated carbocycles. The lowest BCUT2D eigenvalue weighted by Crippen LogP contribution is -2.48. The summed E-state index contributed by atoms with van der Waals surface area (Å²) < 4.78 is 34.1. The molecule has 1 aliphatic heterocycles. The van der Waals surface area contributed by atoms with Crippen molar-refractivity contribution in [3.05, 3.63) is 76.4 Å². The van der Waals surface area contributed by atoms with E-state index in [0.717, 1.165) is 17.0 Å². The van der Waals surface area contributed by atoms with E-state index in [-0.39, 0.29) is 43.4 Å². The van der Waals surface area contributed by atoms with Gasteiger partial charge in [0.15, 0.2) is 5.76 Å². The number of pyridine rings is 1. The molecule has 3 heterocycles. The normalized spacial score (nSPS) is 15.7. The zero-order valence-electron chi connectivity index (χ0n) is 17.7. The number of amides is 1. The Morgan fingerprint density at radius 3 is 2.72 bits per heavy atom. The summed E-state index contributed by atoms with van der Waals surface area (Å²) in [4.78, 5) is 18.8. The van der Waals surface area contributed by atoms with E-state index in [9.17, 15) is 9.18 Å². The first-order valence-electron chi connectivity index (χ1n) is 10.5. The van der Waals surface area contributed by atoms with E-state index < -0.39 is 11.5 Å². The van der Waals surface area contributed by atoms with E-state index >= 15 is 4.39 Å². The van der Waals surface area contributed by atoms with Gasteiger partial charge in [0.05, 0.1) is 17.0 Å². The van der Waals surface area contributed by atoms with Crippen LogP contribution in [-0.2, 0) is 6.54 Å². The summed E-state index contributed by atoms with van der Waals surface area (Å²) in [6, 6.07) is 11.4. The number of alkyl halides is 1. The average Bonchev–Trinajstić information content (AvgIpc) is 3.31. The van der Waals surface area contributed by atoms with Crippen molar-refractivity contribution in [2.75, 3.05) is 19.6 Å². The van der Waals surface area contributed by atoms with Crippen LogP contribution < -0.4 is 5.32 Å². The second-order valence-electron chi connectivity index (χ2n) is 8.12. The molecule has 0 radical (unpaired) electrons. The Kier molecular flexibility index (Phi) is 6.58. The molecule has 1 aromatic carbocycles. The maximum atomic E-state index is 15.3. The van der Waals surface area contributed by atoms with Crippen molar-refractivity contribution >= 4 is 17.5 Å². The molecule has 0 atom stereocenters. The molecule has 1 fully saturated rings. The Hall–Kier alpha value is -2.77. The maximum absolute atomic E-state index is 15.3. The Morgan fingerprint density at radius 1 is 1.25 bits per heavy atom.